The summed E-state index contributed by atoms with van der Waals surface area (Å²) in [5.74, 6) is 0.600. The molecular weight excluding hydrogens is 311 g/mol. The van der Waals surface area contributed by atoms with Gasteiger partial charge in [0, 0.05) is 39.8 Å². The molecule has 0 aromatic heterocycles. The summed E-state index contributed by atoms with van der Waals surface area (Å²) in [6.45, 7) is 5.60. The quantitative estimate of drug-likeness (QED) is 0.672. The number of amides is 1. The maximum atomic E-state index is 12.9. The van der Waals surface area contributed by atoms with Gasteiger partial charge in [0.1, 0.15) is 5.82 Å². The number of carbonyl (C=O) groups excluding carboxylic acids is 1. The zero-order chi connectivity index (χ0) is 17.4. The lowest BCUT2D eigenvalue weighted by Crippen LogP contribution is -2.54. The summed E-state index contributed by atoms with van der Waals surface area (Å²) < 4.78 is 17.9. The predicted octanol–water partition coefficient (Wildman–Crippen LogP) is 1.72. The first kappa shape index (κ1) is 18.0. The topological polar surface area (TPSA) is 57.2 Å². The van der Waals surface area contributed by atoms with E-state index in [1.807, 2.05) is 0 Å². The minimum atomic E-state index is -0.253. The molecule has 0 saturated carbocycles. The number of nitrogens with one attached hydrogen (secondary N) is 1. The molecule has 0 atom stereocenters. The molecule has 1 aliphatic rings. The number of hydrogen-bond donors (Lipinski definition) is 1. The Morgan fingerprint density at radius 1 is 1.21 bits per heavy atom. The second-order valence-electron chi connectivity index (χ2n) is 5.52. The van der Waals surface area contributed by atoms with Crippen LogP contribution in [0.3, 0.4) is 0 Å². The number of piperazine rings is 1. The lowest BCUT2D eigenvalue weighted by molar-refractivity contribution is 0.0915. The first-order valence-corrected chi connectivity index (χ1v) is 8.25. The van der Waals surface area contributed by atoms with E-state index in [9.17, 15) is 9.18 Å². The van der Waals surface area contributed by atoms with Gasteiger partial charge >= 0.3 is 6.09 Å². The maximum absolute atomic E-state index is 12.9. The van der Waals surface area contributed by atoms with Gasteiger partial charge in [-0.3, -0.25) is 4.99 Å². The van der Waals surface area contributed by atoms with E-state index in [-0.39, 0.29) is 11.9 Å². The van der Waals surface area contributed by atoms with Crippen LogP contribution in [0.5, 0.6) is 0 Å². The van der Waals surface area contributed by atoms with E-state index in [2.05, 4.69) is 15.2 Å². The molecule has 7 heteroatoms. The second kappa shape index (κ2) is 9.10. The number of nitrogens with zero attached hydrogens (tertiary/aromatic N) is 3. The van der Waals surface area contributed by atoms with Crippen LogP contribution in [0.15, 0.2) is 29.3 Å². The van der Waals surface area contributed by atoms with Crippen molar-refractivity contribution in [1.82, 2.24) is 15.1 Å². The van der Waals surface area contributed by atoms with E-state index in [4.69, 9.17) is 4.74 Å². The van der Waals surface area contributed by atoms with Gasteiger partial charge in [-0.25, -0.2) is 9.18 Å². The number of hydrogen-bond acceptors (Lipinski definition) is 3. The van der Waals surface area contributed by atoms with Crippen molar-refractivity contribution in [3.63, 3.8) is 0 Å². The minimum absolute atomic E-state index is 0.220. The van der Waals surface area contributed by atoms with Crippen LogP contribution in [0.2, 0.25) is 0 Å². The SMILES string of the molecule is CCOC(=O)N1CCN(C(=NC)NCCc2ccc(F)cc2)CC1. The summed E-state index contributed by atoms with van der Waals surface area (Å²) >= 11 is 0. The van der Waals surface area contributed by atoms with Crippen molar-refractivity contribution in [2.45, 2.75) is 13.3 Å². The molecule has 1 saturated heterocycles. The zero-order valence-electron chi connectivity index (χ0n) is 14.3. The molecule has 1 aliphatic heterocycles. The van der Waals surface area contributed by atoms with Crippen LogP contribution in [-0.2, 0) is 11.2 Å². The van der Waals surface area contributed by atoms with Gasteiger partial charge in [0.2, 0.25) is 0 Å². The number of ether oxygens (including phenoxy) is 1. The number of rotatable bonds is 4. The van der Waals surface area contributed by atoms with Crippen molar-refractivity contribution in [1.29, 1.82) is 0 Å². The molecule has 0 aliphatic carbocycles. The van der Waals surface area contributed by atoms with Gasteiger partial charge in [-0.1, -0.05) is 12.1 Å². The highest BCUT2D eigenvalue weighted by molar-refractivity contribution is 5.80. The predicted molar refractivity (Wildman–Crippen MR) is 91.6 cm³/mol. The van der Waals surface area contributed by atoms with Crippen LogP contribution >= 0.6 is 0 Å². The van der Waals surface area contributed by atoms with E-state index in [0.717, 1.165) is 37.6 Å². The normalized spacial score (nSPS) is 15.4. The molecule has 0 unspecified atom stereocenters. The molecule has 0 spiro atoms. The molecule has 1 N–H and O–H groups in total. The molecule has 1 aromatic carbocycles. The maximum Gasteiger partial charge on any atom is 0.409 e. The Labute approximate surface area is 142 Å². The fourth-order valence-corrected chi connectivity index (χ4v) is 2.62. The van der Waals surface area contributed by atoms with Crippen LogP contribution in [0.25, 0.3) is 0 Å². The van der Waals surface area contributed by atoms with Crippen molar-refractivity contribution in [3.05, 3.63) is 35.6 Å². The summed E-state index contributed by atoms with van der Waals surface area (Å²) in [6.07, 6.45) is 0.540. The van der Waals surface area contributed by atoms with Crippen LogP contribution in [0.1, 0.15) is 12.5 Å². The highest BCUT2D eigenvalue weighted by Gasteiger charge is 2.23. The van der Waals surface area contributed by atoms with Crippen molar-refractivity contribution in [2.75, 3.05) is 46.4 Å². The lowest BCUT2D eigenvalue weighted by atomic mass is 10.1. The monoisotopic (exact) mass is 336 g/mol. The van der Waals surface area contributed by atoms with Crippen molar-refractivity contribution in [2.24, 2.45) is 4.99 Å². The van der Waals surface area contributed by atoms with Gasteiger partial charge in [0.25, 0.3) is 0 Å². The van der Waals surface area contributed by atoms with E-state index in [1.165, 1.54) is 12.1 Å². The standard InChI is InChI=1S/C17H25FN4O2/c1-3-24-17(23)22-12-10-21(11-13-22)16(19-2)20-9-8-14-4-6-15(18)7-5-14/h4-7H,3,8-13H2,1-2H3,(H,19,20). The fraction of sp³-hybridized carbons (Fsp3) is 0.529. The van der Waals surface area contributed by atoms with Crippen LogP contribution < -0.4 is 5.32 Å². The van der Waals surface area contributed by atoms with Crippen molar-refractivity contribution < 1.29 is 13.9 Å². The Morgan fingerprint density at radius 3 is 2.42 bits per heavy atom. The average Bonchev–Trinajstić information content (AvgIpc) is 2.61. The number of aliphatic imine (C=N–C) groups is 1. The Balaban J connectivity index is 1.76. The van der Waals surface area contributed by atoms with E-state index in [0.29, 0.717) is 19.7 Å². The first-order valence-electron chi connectivity index (χ1n) is 8.25. The summed E-state index contributed by atoms with van der Waals surface area (Å²) in [4.78, 5) is 19.8. The number of halogens is 1. The van der Waals surface area contributed by atoms with Crippen LogP contribution in [0.4, 0.5) is 9.18 Å². The third kappa shape index (κ3) is 5.11. The van der Waals surface area contributed by atoms with Crippen molar-refractivity contribution >= 4 is 12.1 Å². The summed E-state index contributed by atoms with van der Waals surface area (Å²) in [5.41, 5.74) is 1.08. The van der Waals surface area contributed by atoms with E-state index >= 15 is 0 Å². The molecule has 0 radical (unpaired) electrons. The van der Waals surface area contributed by atoms with E-state index in [1.54, 1.807) is 31.0 Å². The van der Waals surface area contributed by atoms with Gasteiger partial charge in [-0.05, 0) is 31.0 Å². The minimum Gasteiger partial charge on any atom is -0.450 e. The number of guanidine groups is 1. The molecule has 1 aromatic rings. The average molecular weight is 336 g/mol. The van der Waals surface area contributed by atoms with Crippen LogP contribution in [0, 0.1) is 5.82 Å². The Hall–Kier alpha value is -2.31. The molecular formula is C17H25FN4O2. The van der Waals surface area contributed by atoms with Gasteiger partial charge in [-0.2, -0.15) is 0 Å². The van der Waals surface area contributed by atoms with Crippen molar-refractivity contribution in [3.8, 4) is 0 Å². The lowest BCUT2D eigenvalue weighted by Gasteiger charge is -2.35. The zero-order valence-corrected chi connectivity index (χ0v) is 14.3. The highest BCUT2D eigenvalue weighted by atomic mass is 19.1. The molecule has 0 bridgehead atoms. The second-order valence-corrected chi connectivity index (χ2v) is 5.52. The highest BCUT2D eigenvalue weighted by Crippen LogP contribution is 2.05. The largest absolute Gasteiger partial charge is 0.450 e. The van der Waals surface area contributed by atoms with Gasteiger partial charge in [-0.15, -0.1) is 0 Å². The third-order valence-corrected chi connectivity index (χ3v) is 3.93. The molecule has 2 rings (SSSR count). The molecule has 1 heterocycles. The van der Waals surface area contributed by atoms with Gasteiger partial charge in [0.05, 0.1) is 6.61 Å². The fourth-order valence-electron chi connectivity index (χ4n) is 2.62. The van der Waals surface area contributed by atoms with Gasteiger partial charge in [0.15, 0.2) is 5.96 Å². The first-order chi connectivity index (χ1) is 11.6. The third-order valence-electron chi connectivity index (χ3n) is 3.93. The Kier molecular flexibility index (Phi) is 6.84. The molecule has 1 amide bonds. The Morgan fingerprint density at radius 2 is 1.83 bits per heavy atom. The van der Waals surface area contributed by atoms with Crippen LogP contribution in [-0.4, -0.2) is 68.2 Å². The smallest absolute Gasteiger partial charge is 0.409 e. The molecule has 24 heavy (non-hydrogen) atoms. The molecule has 1 fully saturated rings. The molecule has 132 valence electrons. The number of carbonyl (C=O) groups is 1. The Bertz CT molecular complexity index is 554. The van der Waals surface area contributed by atoms with Gasteiger partial charge < -0.3 is 19.9 Å². The summed E-state index contributed by atoms with van der Waals surface area (Å²) in [6, 6.07) is 6.52. The molecule has 6 nitrogen and oxygen atoms in total. The van der Waals surface area contributed by atoms with E-state index < -0.39 is 0 Å². The summed E-state index contributed by atoms with van der Waals surface area (Å²) in [5, 5.41) is 3.32. The number of benzene rings is 1. The summed E-state index contributed by atoms with van der Waals surface area (Å²) in [7, 11) is 1.75.